The maximum absolute atomic E-state index is 3.62. The third-order valence-corrected chi connectivity index (χ3v) is 6.57. The molecule has 1 unspecified atom stereocenters. The van der Waals surface area contributed by atoms with Gasteiger partial charge in [-0.3, -0.25) is 0 Å². The molecular formula is C30H31PZr-8. The van der Waals surface area contributed by atoms with Gasteiger partial charge >= 0.3 is 0 Å². The average molecular weight is 514 g/mol. The van der Waals surface area contributed by atoms with Crippen LogP contribution in [-0.2, 0) is 31.6 Å². The summed E-state index contributed by atoms with van der Waals surface area (Å²) in [4.78, 5) is 0. The molecule has 1 aliphatic rings. The molecule has 0 aromatic heterocycles. The van der Waals surface area contributed by atoms with Crippen LogP contribution in [0.2, 0.25) is 0 Å². The van der Waals surface area contributed by atoms with Gasteiger partial charge in [0.05, 0.1) is 0 Å². The van der Waals surface area contributed by atoms with Gasteiger partial charge in [-0.05, 0) is 0 Å². The van der Waals surface area contributed by atoms with Gasteiger partial charge in [-0.2, -0.15) is 29.3 Å². The third-order valence-electron chi connectivity index (χ3n) is 4.93. The predicted octanol–water partition coefficient (Wildman–Crippen LogP) is 8.04. The first-order chi connectivity index (χ1) is 15.0. The summed E-state index contributed by atoms with van der Waals surface area (Å²) in [5.41, 5.74) is 3.54. The normalized spacial score (nSPS) is 16.0. The zero-order valence-corrected chi connectivity index (χ0v) is 22.5. The van der Waals surface area contributed by atoms with Gasteiger partial charge in [0, 0.05) is 26.2 Å². The quantitative estimate of drug-likeness (QED) is 0.192. The molecule has 168 valence electrons. The van der Waals surface area contributed by atoms with E-state index in [1.807, 2.05) is 60.7 Å². The minimum Gasteiger partial charge on any atom is -0.748 e. The van der Waals surface area contributed by atoms with Crippen LogP contribution in [0.4, 0.5) is 0 Å². The SMILES string of the molecule is CC(C)(C)[C-]=PC1[CH-]C1(c1ccccc1)c1ccccc1.[Zr].[cH-]1[cH-][cH-][cH-][cH-]1.c1cc[cH-]c1. The molecule has 1 fully saturated rings. The summed E-state index contributed by atoms with van der Waals surface area (Å²) in [5.74, 6) is 3.62. The molecule has 1 saturated carbocycles. The molecule has 0 N–H and O–H groups in total. The molecule has 1 atom stereocenters. The fourth-order valence-electron chi connectivity index (χ4n) is 3.37. The molecule has 2 heteroatoms. The summed E-state index contributed by atoms with van der Waals surface area (Å²) in [6, 6.07) is 41.7. The van der Waals surface area contributed by atoms with Crippen molar-refractivity contribution in [3.63, 3.8) is 0 Å². The van der Waals surface area contributed by atoms with E-state index >= 15 is 0 Å². The molecule has 5 rings (SSSR count). The molecule has 0 aliphatic heterocycles. The summed E-state index contributed by atoms with van der Waals surface area (Å²) in [6.07, 6.45) is 2.47. The zero-order valence-electron chi connectivity index (χ0n) is 19.1. The van der Waals surface area contributed by atoms with E-state index in [9.17, 15) is 0 Å². The molecule has 0 amide bonds. The van der Waals surface area contributed by atoms with Crippen molar-refractivity contribution in [3.8, 4) is 0 Å². The predicted molar refractivity (Wildman–Crippen MR) is 137 cm³/mol. The molecular weight excluding hydrogens is 483 g/mol. The monoisotopic (exact) mass is 512 g/mol. The van der Waals surface area contributed by atoms with Gasteiger partial charge in [0.1, 0.15) is 0 Å². The van der Waals surface area contributed by atoms with Crippen molar-refractivity contribution in [2.75, 3.05) is 0 Å². The van der Waals surface area contributed by atoms with Gasteiger partial charge in [-0.25, -0.2) is 12.1 Å². The maximum atomic E-state index is 3.62. The van der Waals surface area contributed by atoms with Gasteiger partial charge < -0.3 is 50.8 Å². The second-order valence-corrected chi connectivity index (χ2v) is 9.67. The topological polar surface area (TPSA) is 0 Å². The molecule has 0 spiro atoms. The third kappa shape index (κ3) is 7.95. The number of hydrogen-bond acceptors (Lipinski definition) is 0. The summed E-state index contributed by atoms with van der Waals surface area (Å²) >= 11 is 0. The van der Waals surface area contributed by atoms with E-state index in [1.54, 1.807) is 0 Å². The van der Waals surface area contributed by atoms with Crippen molar-refractivity contribution >= 4 is 14.0 Å². The molecule has 32 heavy (non-hydrogen) atoms. The fourth-order valence-corrected chi connectivity index (χ4v) is 4.71. The Hall–Kier alpha value is -1.81. The van der Waals surface area contributed by atoms with Gasteiger partial charge in [0.15, 0.2) is 0 Å². The smallest absolute Gasteiger partial charge is 0 e. The van der Waals surface area contributed by atoms with Crippen molar-refractivity contribution in [2.24, 2.45) is 5.41 Å². The van der Waals surface area contributed by atoms with Gasteiger partial charge in [-0.15, -0.1) is 5.41 Å². The molecule has 0 nitrogen and oxygen atoms in total. The second-order valence-electron chi connectivity index (χ2n) is 8.63. The first kappa shape index (κ1) is 26.4. The Morgan fingerprint density at radius 3 is 1.50 bits per heavy atom. The van der Waals surface area contributed by atoms with E-state index in [2.05, 4.69) is 93.7 Å². The van der Waals surface area contributed by atoms with Crippen molar-refractivity contribution in [2.45, 2.75) is 31.8 Å². The first-order valence-corrected chi connectivity index (χ1v) is 11.8. The van der Waals surface area contributed by atoms with E-state index in [1.165, 1.54) is 19.3 Å². The van der Waals surface area contributed by atoms with E-state index < -0.39 is 0 Å². The molecule has 1 aliphatic carbocycles. The van der Waals surface area contributed by atoms with Crippen molar-refractivity contribution in [3.05, 3.63) is 139 Å². The number of benzene rings is 2. The summed E-state index contributed by atoms with van der Waals surface area (Å²) in [6.45, 7) is 6.65. The van der Waals surface area contributed by atoms with Crippen LogP contribution in [0.5, 0.6) is 0 Å². The van der Waals surface area contributed by atoms with Crippen LogP contribution >= 0.6 is 8.20 Å². The Labute approximate surface area is 215 Å². The van der Waals surface area contributed by atoms with Crippen LogP contribution in [0.25, 0.3) is 0 Å². The average Bonchev–Trinajstić information content (AvgIpc) is 3.26. The molecule has 4 aromatic carbocycles. The second kappa shape index (κ2) is 13.0. The van der Waals surface area contributed by atoms with Gasteiger partial charge in [-0.1, -0.05) is 92.6 Å². The Bertz CT molecular complexity index is 878. The van der Waals surface area contributed by atoms with E-state index in [4.69, 9.17) is 0 Å². The standard InChI is InChI=1S/C20H21P.2C5H5.Zr/c1-19(2,3)15-21-18-14-20(18,16-10-6-4-7-11-16)17-12-8-5-9-13-17;2*1-2-4-5-3-1;/h4-14,18H,1-3H3;2*1-5H;/q-2;-5;-1;. The summed E-state index contributed by atoms with van der Waals surface area (Å²) in [5, 5.41) is 0. The Kier molecular flexibility index (Phi) is 10.8. The van der Waals surface area contributed by atoms with Crippen LogP contribution in [0.15, 0.2) is 121 Å². The maximum Gasteiger partial charge on any atom is 0 e. The zero-order chi connectivity index (χ0) is 22.0. The minimum atomic E-state index is 0. The van der Waals surface area contributed by atoms with Crippen molar-refractivity contribution in [1.82, 2.24) is 0 Å². The van der Waals surface area contributed by atoms with Crippen LogP contribution in [0.3, 0.4) is 0 Å². The summed E-state index contributed by atoms with van der Waals surface area (Å²) in [7, 11) is 1.29. The van der Waals surface area contributed by atoms with Gasteiger partial charge in [0.2, 0.25) is 0 Å². The fraction of sp³-hybridized carbons (Fsp3) is 0.200. The van der Waals surface area contributed by atoms with Crippen LogP contribution in [0.1, 0.15) is 31.9 Å². The van der Waals surface area contributed by atoms with Gasteiger partial charge in [0.25, 0.3) is 0 Å². The molecule has 0 heterocycles. The Balaban J connectivity index is 0.000000271. The van der Waals surface area contributed by atoms with Crippen molar-refractivity contribution in [1.29, 1.82) is 0 Å². The largest absolute Gasteiger partial charge is 0.748 e. The molecule has 0 radical (unpaired) electrons. The number of hydrogen-bond donors (Lipinski definition) is 0. The van der Waals surface area contributed by atoms with Crippen LogP contribution < -0.4 is 0 Å². The Morgan fingerprint density at radius 1 is 0.719 bits per heavy atom. The summed E-state index contributed by atoms with van der Waals surface area (Å²) < 4.78 is 0. The molecule has 4 aromatic rings. The van der Waals surface area contributed by atoms with Crippen LogP contribution in [-0.4, -0.2) is 11.5 Å². The molecule has 0 saturated heterocycles. The van der Waals surface area contributed by atoms with Crippen molar-refractivity contribution < 1.29 is 26.2 Å². The first-order valence-electron chi connectivity index (χ1n) is 10.8. The number of rotatable bonds is 3. The van der Waals surface area contributed by atoms with E-state index in [-0.39, 0.29) is 37.0 Å². The van der Waals surface area contributed by atoms with Crippen LogP contribution in [0, 0.1) is 11.8 Å². The minimum absolute atomic E-state index is 0. The van der Waals surface area contributed by atoms with E-state index in [0.717, 1.165) is 0 Å². The molecule has 0 bridgehead atoms. The van der Waals surface area contributed by atoms with E-state index in [0.29, 0.717) is 5.66 Å². The Morgan fingerprint density at radius 2 is 1.16 bits per heavy atom.